The van der Waals surface area contributed by atoms with Crippen LogP contribution in [-0.4, -0.2) is 28.3 Å². The Labute approximate surface area is 154 Å². The van der Waals surface area contributed by atoms with Crippen LogP contribution in [0.15, 0.2) is 34.7 Å². The van der Waals surface area contributed by atoms with Gasteiger partial charge in [0.15, 0.2) is 10.2 Å². The van der Waals surface area contributed by atoms with Crippen LogP contribution in [0.3, 0.4) is 0 Å². The van der Waals surface area contributed by atoms with Gasteiger partial charge in [-0.05, 0) is 38.2 Å². The summed E-state index contributed by atoms with van der Waals surface area (Å²) in [5.41, 5.74) is 3.37. The molecule has 1 aromatic heterocycles. The molecule has 1 heterocycles. The molecule has 0 aliphatic heterocycles. The summed E-state index contributed by atoms with van der Waals surface area (Å²) in [5.74, 6) is -0.821. The number of carbonyl (C=O) groups is 1. The van der Waals surface area contributed by atoms with Crippen LogP contribution in [0.4, 0.5) is 15.2 Å². The molecule has 2 aromatic rings. The molecule has 6 nitrogen and oxygen atoms in total. The minimum absolute atomic E-state index is 0.160. The minimum atomic E-state index is -0.491. The first kappa shape index (κ1) is 18.9. The zero-order valence-corrected chi connectivity index (χ0v) is 15.6. The van der Waals surface area contributed by atoms with E-state index in [1.54, 1.807) is 17.5 Å². The monoisotopic (exact) mass is 379 g/mol. The Hall–Kier alpha value is -2.39. The van der Waals surface area contributed by atoms with Crippen LogP contribution in [0.2, 0.25) is 0 Å². The van der Waals surface area contributed by atoms with E-state index in [0.29, 0.717) is 15.9 Å². The average Bonchev–Trinajstić information content (AvgIpc) is 2.97. The van der Waals surface area contributed by atoms with Crippen molar-refractivity contribution >= 4 is 51.6 Å². The van der Waals surface area contributed by atoms with Crippen molar-refractivity contribution in [2.24, 2.45) is 5.10 Å². The SMILES string of the molecule is CC(=O)N(c1nc(/C=N\NC(=S)NC(C)C)cs1)c1ccccc1F. The van der Waals surface area contributed by atoms with E-state index in [-0.39, 0.29) is 17.6 Å². The number of nitrogens with zero attached hydrogens (tertiary/aromatic N) is 3. The van der Waals surface area contributed by atoms with Crippen LogP contribution in [0.1, 0.15) is 26.5 Å². The van der Waals surface area contributed by atoms with Gasteiger partial charge >= 0.3 is 0 Å². The summed E-state index contributed by atoms with van der Waals surface area (Å²) in [7, 11) is 0. The van der Waals surface area contributed by atoms with E-state index in [4.69, 9.17) is 12.2 Å². The van der Waals surface area contributed by atoms with Crippen molar-refractivity contribution in [2.45, 2.75) is 26.8 Å². The third-order valence-corrected chi connectivity index (χ3v) is 3.95. The molecule has 0 unspecified atom stereocenters. The van der Waals surface area contributed by atoms with Gasteiger partial charge in [0.1, 0.15) is 5.82 Å². The molecule has 0 bridgehead atoms. The minimum Gasteiger partial charge on any atom is -0.359 e. The first-order valence-corrected chi connectivity index (χ1v) is 8.77. The van der Waals surface area contributed by atoms with Crippen LogP contribution >= 0.6 is 23.6 Å². The zero-order valence-electron chi connectivity index (χ0n) is 14.0. The summed E-state index contributed by atoms with van der Waals surface area (Å²) in [4.78, 5) is 17.5. The predicted octanol–water partition coefficient (Wildman–Crippen LogP) is 3.17. The predicted molar refractivity (Wildman–Crippen MR) is 103 cm³/mol. The number of benzene rings is 1. The summed E-state index contributed by atoms with van der Waals surface area (Å²) < 4.78 is 14.0. The highest BCUT2D eigenvalue weighted by molar-refractivity contribution is 7.80. The number of thiocarbonyl (C=S) groups is 1. The lowest BCUT2D eigenvalue weighted by Crippen LogP contribution is -2.36. The molecule has 0 fully saturated rings. The second kappa shape index (κ2) is 8.63. The van der Waals surface area contributed by atoms with E-state index >= 15 is 0 Å². The Morgan fingerprint density at radius 1 is 1.44 bits per heavy atom. The van der Waals surface area contributed by atoms with Gasteiger partial charge in [0.2, 0.25) is 5.91 Å². The second-order valence-corrected chi connectivity index (χ2v) is 6.60. The van der Waals surface area contributed by atoms with Crippen LogP contribution in [0.25, 0.3) is 0 Å². The number of anilines is 2. The van der Waals surface area contributed by atoms with Gasteiger partial charge in [-0.1, -0.05) is 12.1 Å². The van der Waals surface area contributed by atoms with Gasteiger partial charge in [-0.15, -0.1) is 11.3 Å². The number of thiazole rings is 1. The van der Waals surface area contributed by atoms with Gasteiger partial charge in [-0.2, -0.15) is 5.10 Å². The lowest BCUT2D eigenvalue weighted by Gasteiger charge is -2.18. The molecular formula is C16H18FN5OS2. The normalized spacial score (nSPS) is 10.9. The van der Waals surface area contributed by atoms with E-state index < -0.39 is 5.82 Å². The standard InChI is InChI=1S/C16H18FN5OS2/c1-10(2)19-15(24)21-18-8-12-9-25-16(20-12)22(11(3)23)14-7-5-4-6-13(14)17/h4-10H,1-3H3,(H2,19,21,24)/b18-8-. The molecule has 0 radical (unpaired) electrons. The van der Waals surface area contributed by atoms with E-state index in [1.165, 1.54) is 41.5 Å². The van der Waals surface area contributed by atoms with E-state index in [9.17, 15) is 9.18 Å². The van der Waals surface area contributed by atoms with Crippen molar-refractivity contribution in [3.63, 3.8) is 0 Å². The molecule has 0 saturated carbocycles. The van der Waals surface area contributed by atoms with E-state index in [2.05, 4.69) is 20.8 Å². The highest BCUT2D eigenvalue weighted by Gasteiger charge is 2.20. The Morgan fingerprint density at radius 2 is 2.16 bits per heavy atom. The molecule has 25 heavy (non-hydrogen) atoms. The Morgan fingerprint density at radius 3 is 2.80 bits per heavy atom. The topological polar surface area (TPSA) is 69.6 Å². The van der Waals surface area contributed by atoms with Crippen LogP contribution < -0.4 is 15.6 Å². The van der Waals surface area contributed by atoms with Gasteiger partial charge in [-0.25, -0.2) is 9.37 Å². The summed E-state index contributed by atoms with van der Waals surface area (Å²) >= 11 is 6.28. The number of nitrogens with one attached hydrogen (secondary N) is 2. The highest BCUT2D eigenvalue weighted by atomic mass is 32.1. The number of hydrogen-bond acceptors (Lipinski definition) is 5. The number of halogens is 1. The molecule has 0 aliphatic rings. The zero-order chi connectivity index (χ0) is 18.4. The lowest BCUT2D eigenvalue weighted by atomic mass is 10.3. The van der Waals surface area contributed by atoms with Gasteiger partial charge < -0.3 is 5.32 Å². The van der Waals surface area contributed by atoms with Gasteiger partial charge in [0.25, 0.3) is 0 Å². The van der Waals surface area contributed by atoms with Gasteiger partial charge in [-0.3, -0.25) is 15.1 Å². The largest absolute Gasteiger partial charge is 0.359 e. The van der Waals surface area contributed by atoms with Crippen molar-refractivity contribution in [1.29, 1.82) is 0 Å². The summed E-state index contributed by atoms with van der Waals surface area (Å²) in [5, 5.41) is 9.46. The summed E-state index contributed by atoms with van der Waals surface area (Å²) in [6.07, 6.45) is 1.48. The summed E-state index contributed by atoms with van der Waals surface area (Å²) in [6, 6.07) is 6.26. The van der Waals surface area contributed by atoms with Crippen LogP contribution in [-0.2, 0) is 4.79 Å². The van der Waals surface area contributed by atoms with E-state index in [1.807, 2.05) is 13.8 Å². The molecule has 2 N–H and O–H groups in total. The maximum Gasteiger partial charge on any atom is 0.230 e. The average molecular weight is 379 g/mol. The maximum absolute atomic E-state index is 14.0. The van der Waals surface area contributed by atoms with E-state index in [0.717, 1.165) is 0 Å². The smallest absolute Gasteiger partial charge is 0.230 e. The molecule has 0 atom stereocenters. The van der Waals surface area contributed by atoms with Crippen molar-refractivity contribution in [3.8, 4) is 0 Å². The fourth-order valence-corrected chi connectivity index (χ4v) is 3.05. The molecule has 0 aliphatic carbocycles. The van der Waals surface area contributed by atoms with Crippen LogP contribution in [0, 0.1) is 5.82 Å². The number of para-hydroxylation sites is 1. The first-order valence-electron chi connectivity index (χ1n) is 7.48. The third-order valence-electron chi connectivity index (χ3n) is 2.89. The van der Waals surface area contributed by atoms with Crippen molar-refractivity contribution in [3.05, 3.63) is 41.2 Å². The van der Waals surface area contributed by atoms with Crippen molar-refractivity contribution in [1.82, 2.24) is 15.7 Å². The molecule has 1 aromatic carbocycles. The molecule has 9 heteroatoms. The molecule has 0 spiro atoms. The number of hydrazone groups is 1. The van der Waals surface area contributed by atoms with Crippen LogP contribution in [0.5, 0.6) is 0 Å². The lowest BCUT2D eigenvalue weighted by molar-refractivity contribution is -0.115. The first-order chi connectivity index (χ1) is 11.9. The number of carbonyl (C=O) groups excluding carboxylic acids is 1. The fourth-order valence-electron chi connectivity index (χ4n) is 1.93. The molecular weight excluding hydrogens is 361 g/mol. The molecule has 2 rings (SSSR count). The van der Waals surface area contributed by atoms with Gasteiger partial charge in [0.05, 0.1) is 17.6 Å². The quantitative estimate of drug-likeness (QED) is 0.474. The highest BCUT2D eigenvalue weighted by Crippen LogP contribution is 2.30. The Kier molecular flexibility index (Phi) is 6.54. The van der Waals surface area contributed by atoms with Crippen molar-refractivity contribution in [2.75, 3.05) is 4.90 Å². The number of aromatic nitrogens is 1. The third kappa shape index (κ3) is 5.30. The number of amides is 1. The maximum atomic E-state index is 14.0. The number of rotatable bonds is 5. The summed E-state index contributed by atoms with van der Waals surface area (Å²) in [6.45, 7) is 5.28. The Bertz CT molecular complexity index is 790. The molecule has 0 saturated heterocycles. The van der Waals surface area contributed by atoms with Crippen molar-refractivity contribution < 1.29 is 9.18 Å². The fraction of sp³-hybridized carbons (Fsp3) is 0.250. The second-order valence-electron chi connectivity index (χ2n) is 5.36. The number of hydrogen-bond donors (Lipinski definition) is 2. The Balaban J connectivity index is 2.14. The molecule has 132 valence electrons. The van der Waals surface area contributed by atoms with Gasteiger partial charge in [0, 0.05) is 18.3 Å². The molecule has 1 amide bonds.